The Morgan fingerprint density at radius 2 is 2.00 bits per heavy atom. The summed E-state index contributed by atoms with van der Waals surface area (Å²) in [6.45, 7) is 1.37. The molecule has 2 aliphatic heterocycles. The fourth-order valence-corrected chi connectivity index (χ4v) is 2.92. The van der Waals surface area contributed by atoms with E-state index in [1.165, 1.54) is 13.5 Å². The van der Waals surface area contributed by atoms with Gasteiger partial charge in [-0.2, -0.15) is 4.31 Å². The van der Waals surface area contributed by atoms with Crippen molar-refractivity contribution in [3.05, 3.63) is 0 Å². The van der Waals surface area contributed by atoms with Gasteiger partial charge < -0.3 is 10.2 Å². The largest absolute Gasteiger partial charge is 0.340 e. The van der Waals surface area contributed by atoms with Crippen molar-refractivity contribution in [1.82, 2.24) is 14.5 Å². The van der Waals surface area contributed by atoms with Crippen LogP contribution in [-0.4, -0.2) is 68.6 Å². The standard InChI is InChI=1S/C11H21N3O3S/c1-13(18(2,16)17)8-11(15)14-6-5-9-3-4-10(7-14)12-9/h9-10,12H,3-8H2,1-2H3. The molecule has 2 rings (SSSR count). The van der Waals surface area contributed by atoms with Gasteiger partial charge in [0, 0.05) is 32.2 Å². The Morgan fingerprint density at radius 3 is 2.67 bits per heavy atom. The third-order valence-electron chi connectivity index (χ3n) is 3.80. The molecule has 0 saturated carbocycles. The smallest absolute Gasteiger partial charge is 0.237 e. The summed E-state index contributed by atoms with van der Waals surface area (Å²) in [5, 5.41) is 3.50. The molecule has 104 valence electrons. The van der Waals surface area contributed by atoms with Crippen LogP contribution in [0.3, 0.4) is 0 Å². The van der Waals surface area contributed by atoms with Gasteiger partial charge in [-0.05, 0) is 19.3 Å². The molecule has 7 heteroatoms. The molecule has 2 aliphatic rings. The number of nitrogens with zero attached hydrogens (tertiary/aromatic N) is 2. The van der Waals surface area contributed by atoms with E-state index in [-0.39, 0.29) is 12.5 Å². The van der Waals surface area contributed by atoms with E-state index in [2.05, 4.69) is 5.32 Å². The number of likely N-dealkylation sites (N-methyl/N-ethyl adjacent to an activating group) is 1. The van der Waals surface area contributed by atoms with Crippen molar-refractivity contribution < 1.29 is 13.2 Å². The van der Waals surface area contributed by atoms with Gasteiger partial charge in [-0.25, -0.2) is 8.42 Å². The first-order chi connectivity index (χ1) is 8.36. The molecule has 1 amide bonds. The molecule has 2 atom stereocenters. The fraction of sp³-hybridized carbons (Fsp3) is 0.909. The van der Waals surface area contributed by atoms with Gasteiger partial charge in [0.1, 0.15) is 0 Å². The second-order valence-corrected chi connectivity index (χ2v) is 7.37. The number of rotatable bonds is 3. The monoisotopic (exact) mass is 275 g/mol. The minimum atomic E-state index is -3.29. The number of carbonyl (C=O) groups excluding carboxylic acids is 1. The average molecular weight is 275 g/mol. The Labute approximate surface area is 108 Å². The number of amides is 1. The molecule has 0 aromatic carbocycles. The SMILES string of the molecule is CN(CC(=O)N1CCC2CCC(C1)N2)S(C)(=O)=O. The normalized spacial score (nSPS) is 28.5. The zero-order chi connectivity index (χ0) is 13.3. The number of hydrogen-bond donors (Lipinski definition) is 1. The predicted octanol–water partition coefficient (Wildman–Crippen LogP) is -0.769. The van der Waals surface area contributed by atoms with E-state index in [1.807, 2.05) is 0 Å². The van der Waals surface area contributed by atoms with Gasteiger partial charge in [0.05, 0.1) is 12.8 Å². The van der Waals surface area contributed by atoms with Gasteiger partial charge in [-0.15, -0.1) is 0 Å². The summed E-state index contributed by atoms with van der Waals surface area (Å²) in [7, 11) is -1.85. The van der Waals surface area contributed by atoms with Crippen LogP contribution in [0, 0.1) is 0 Å². The summed E-state index contributed by atoms with van der Waals surface area (Å²) in [4.78, 5) is 13.9. The Bertz CT molecular complexity index is 423. The Balaban J connectivity index is 1.93. The summed E-state index contributed by atoms with van der Waals surface area (Å²) in [5.41, 5.74) is 0. The second kappa shape index (κ2) is 5.14. The maximum Gasteiger partial charge on any atom is 0.237 e. The zero-order valence-electron chi connectivity index (χ0n) is 10.9. The Hall–Kier alpha value is -0.660. The lowest BCUT2D eigenvalue weighted by Crippen LogP contribution is -2.44. The number of hydrogen-bond acceptors (Lipinski definition) is 4. The summed E-state index contributed by atoms with van der Waals surface area (Å²) >= 11 is 0. The third-order valence-corrected chi connectivity index (χ3v) is 5.06. The van der Waals surface area contributed by atoms with Crippen molar-refractivity contribution in [2.24, 2.45) is 0 Å². The highest BCUT2D eigenvalue weighted by atomic mass is 32.2. The van der Waals surface area contributed by atoms with Crippen LogP contribution in [0.1, 0.15) is 19.3 Å². The van der Waals surface area contributed by atoms with E-state index in [1.54, 1.807) is 4.90 Å². The van der Waals surface area contributed by atoms with Crippen molar-refractivity contribution >= 4 is 15.9 Å². The molecule has 0 aromatic rings. The summed E-state index contributed by atoms with van der Waals surface area (Å²) in [6.07, 6.45) is 4.38. The van der Waals surface area contributed by atoms with Crippen LogP contribution in [0.4, 0.5) is 0 Å². The number of carbonyl (C=O) groups is 1. The van der Waals surface area contributed by atoms with Crippen LogP contribution in [-0.2, 0) is 14.8 Å². The van der Waals surface area contributed by atoms with Gasteiger partial charge in [0.15, 0.2) is 0 Å². The first-order valence-corrected chi connectivity index (χ1v) is 8.16. The lowest BCUT2D eigenvalue weighted by Gasteiger charge is -2.26. The van der Waals surface area contributed by atoms with Crippen LogP contribution >= 0.6 is 0 Å². The molecular weight excluding hydrogens is 254 g/mol. The first-order valence-electron chi connectivity index (χ1n) is 6.31. The van der Waals surface area contributed by atoms with Crippen LogP contribution in [0.15, 0.2) is 0 Å². The first kappa shape index (κ1) is 13.8. The lowest BCUT2D eigenvalue weighted by atomic mass is 10.1. The topological polar surface area (TPSA) is 69.7 Å². The number of fused-ring (bicyclic) bond motifs is 2. The molecule has 2 bridgehead atoms. The van der Waals surface area contributed by atoms with E-state index in [0.717, 1.165) is 29.9 Å². The molecule has 0 aliphatic carbocycles. The highest BCUT2D eigenvalue weighted by Crippen LogP contribution is 2.20. The minimum absolute atomic E-state index is 0.0593. The Kier molecular flexibility index (Phi) is 3.93. The van der Waals surface area contributed by atoms with Gasteiger partial charge >= 0.3 is 0 Å². The van der Waals surface area contributed by atoms with Gasteiger partial charge in [-0.1, -0.05) is 0 Å². The van der Waals surface area contributed by atoms with Crippen molar-refractivity contribution in [2.45, 2.75) is 31.3 Å². The minimum Gasteiger partial charge on any atom is -0.340 e. The number of likely N-dealkylation sites (tertiary alicyclic amines) is 1. The van der Waals surface area contributed by atoms with Gasteiger partial charge in [-0.3, -0.25) is 4.79 Å². The van der Waals surface area contributed by atoms with Crippen molar-refractivity contribution in [3.8, 4) is 0 Å². The van der Waals surface area contributed by atoms with E-state index in [9.17, 15) is 13.2 Å². The van der Waals surface area contributed by atoms with E-state index < -0.39 is 10.0 Å². The average Bonchev–Trinajstić information content (AvgIpc) is 2.56. The molecule has 2 saturated heterocycles. The maximum absolute atomic E-state index is 12.1. The molecule has 2 fully saturated rings. The Morgan fingerprint density at radius 1 is 1.33 bits per heavy atom. The van der Waals surface area contributed by atoms with Gasteiger partial charge in [0.2, 0.25) is 15.9 Å². The quantitative estimate of drug-likeness (QED) is 0.734. The van der Waals surface area contributed by atoms with Crippen LogP contribution in [0.25, 0.3) is 0 Å². The lowest BCUT2D eigenvalue weighted by molar-refractivity contribution is -0.131. The maximum atomic E-state index is 12.1. The molecule has 6 nitrogen and oxygen atoms in total. The second-order valence-electron chi connectivity index (χ2n) is 5.29. The highest BCUT2D eigenvalue weighted by molar-refractivity contribution is 7.88. The molecule has 0 radical (unpaired) electrons. The summed E-state index contributed by atoms with van der Waals surface area (Å²) in [5.74, 6) is -0.0997. The molecule has 2 heterocycles. The molecule has 0 aromatic heterocycles. The number of sulfonamides is 1. The highest BCUT2D eigenvalue weighted by Gasteiger charge is 2.31. The van der Waals surface area contributed by atoms with E-state index in [4.69, 9.17) is 0 Å². The van der Waals surface area contributed by atoms with Gasteiger partial charge in [0.25, 0.3) is 0 Å². The van der Waals surface area contributed by atoms with Crippen LogP contribution in [0.2, 0.25) is 0 Å². The molecule has 0 spiro atoms. The number of nitrogens with one attached hydrogen (secondary N) is 1. The summed E-state index contributed by atoms with van der Waals surface area (Å²) in [6, 6.07) is 0.908. The van der Waals surface area contributed by atoms with Crippen LogP contribution < -0.4 is 5.32 Å². The molecule has 18 heavy (non-hydrogen) atoms. The van der Waals surface area contributed by atoms with Crippen LogP contribution in [0.5, 0.6) is 0 Å². The van der Waals surface area contributed by atoms with Crippen molar-refractivity contribution in [3.63, 3.8) is 0 Å². The van der Waals surface area contributed by atoms with Crippen molar-refractivity contribution in [1.29, 1.82) is 0 Å². The zero-order valence-corrected chi connectivity index (χ0v) is 11.7. The fourth-order valence-electron chi connectivity index (χ4n) is 2.58. The predicted molar refractivity (Wildman–Crippen MR) is 68.6 cm³/mol. The molecule has 1 N–H and O–H groups in total. The van der Waals surface area contributed by atoms with E-state index in [0.29, 0.717) is 18.6 Å². The third kappa shape index (κ3) is 3.21. The molecule has 2 unspecified atom stereocenters. The molecular formula is C11H21N3O3S. The van der Waals surface area contributed by atoms with Crippen molar-refractivity contribution in [2.75, 3.05) is 32.9 Å². The van der Waals surface area contributed by atoms with E-state index >= 15 is 0 Å². The summed E-state index contributed by atoms with van der Waals surface area (Å²) < 4.78 is 23.7.